The van der Waals surface area contributed by atoms with Crippen LogP contribution in [-0.4, -0.2) is 17.5 Å². The van der Waals surface area contributed by atoms with Crippen LogP contribution in [-0.2, 0) is 10.2 Å². The Bertz CT molecular complexity index is 740. The minimum atomic E-state index is -0.561. The Morgan fingerprint density at radius 2 is 2.00 bits per heavy atom. The normalized spacial score (nSPS) is 15.6. The van der Waals surface area contributed by atoms with E-state index in [1.165, 1.54) is 0 Å². The number of benzene rings is 1. The van der Waals surface area contributed by atoms with Crippen LogP contribution < -0.4 is 10.1 Å². The van der Waals surface area contributed by atoms with E-state index in [1.54, 1.807) is 12.3 Å². The molecule has 4 nitrogen and oxygen atoms in total. The average Bonchev–Trinajstić information content (AvgIpc) is 3.15. The fourth-order valence-electron chi connectivity index (χ4n) is 3.56. The number of rotatable bonds is 7. The smallest absolute Gasteiger partial charge is 0.235 e. The first kappa shape index (κ1) is 18.7. The van der Waals surface area contributed by atoms with Crippen molar-refractivity contribution in [1.82, 2.24) is 4.98 Å². The lowest BCUT2D eigenvalue weighted by atomic mass is 9.78. The zero-order valence-electron chi connectivity index (χ0n) is 15.1. The molecule has 0 radical (unpaired) electrons. The van der Waals surface area contributed by atoms with Crippen LogP contribution in [0.2, 0.25) is 5.02 Å². The molecule has 1 N–H and O–H groups in total. The van der Waals surface area contributed by atoms with Gasteiger partial charge < -0.3 is 10.1 Å². The molecule has 0 aliphatic heterocycles. The molecule has 0 unspecified atom stereocenters. The van der Waals surface area contributed by atoms with Crippen molar-refractivity contribution in [1.29, 1.82) is 0 Å². The monoisotopic (exact) mass is 372 g/mol. The highest BCUT2D eigenvalue weighted by Crippen LogP contribution is 2.44. The molecule has 0 atom stereocenters. The van der Waals surface area contributed by atoms with Gasteiger partial charge in [0, 0.05) is 11.1 Å². The first-order valence-electron chi connectivity index (χ1n) is 9.31. The molecule has 138 valence electrons. The second-order valence-electron chi connectivity index (χ2n) is 6.81. The van der Waals surface area contributed by atoms with Crippen LogP contribution in [0.15, 0.2) is 42.6 Å². The van der Waals surface area contributed by atoms with E-state index in [-0.39, 0.29) is 5.91 Å². The largest absolute Gasteiger partial charge is 0.478 e. The summed E-state index contributed by atoms with van der Waals surface area (Å²) in [5.41, 5.74) is 1.04. The van der Waals surface area contributed by atoms with Crippen LogP contribution >= 0.6 is 11.6 Å². The van der Waals surface area contributed by atoms with Crippen molar-refractivity contribution in [3.05, 3.63) is 53.2 Å². The van der Waals surface area contributed by atoms with Crippen molar-refractivity contribution in [3.63, 3.8) is 0 Å². The number of pyridine rings is 1. The maximum absolute atomic E-state index is 13.2. The second kappa shape index (κ2) is 8.54. The lowest BCUT2D eigenvalue weighted by Gasteiger charge is -2.29. The number of carbonyl (C=O) groups is 1. The van der Waals surface area contributed by atoms with E-state index in [9.17, 15) is 4.79 Å². The number of ether oxygens (including phenoxy) is 1. The summed E-state index contributed by atoms with van der Waals surface area (Å²) < 4.78 is 5.57. The van der Waals surface area contributed by atoms with Gasteiger partial charge in [-0.25, -0.2) is 4.98 Å². The van der Waals surface area contributed by atoms with Gasteiger partial charge in [-0.2, -0.15) is 0 Å². The predicted molar refractivity (Wildman–Crippen MR) is 105 cm³/mol. The topological polar surface area (TPSA) is 51.2 Å². The van der Waals surface area contributed by atoms with E-state index >= 15 is 0 Å². The highest BCUT2D eigenvalue weighted by molar-refractivity contribution is 6.31. The summed E-state index contributed by atoms with van der Waals surface area (Å²) >= 11 is 6.41. The van der Waals surface area contributed by atoms with Gasteiger partial charge in [0.25, 0.3) is 0 Å². The van der Waals surface area contributed by atoms with Crippen molar-refractivity contribution in [2.24, 2.45) is 0 Å². The molecule has 2 aromatic rings. The Kier molecular flexibility index (Phi) is 6.15. The van der Waals surface area contributed by atoms with E-state index < -0.39 is 5.41 Å². The van der Waals surface area contributed by atoms with Crippen molar-refractivity contribution in [2.75, 3.05) is 11.9 Å². The lowest BCUT2D eigenvalue weighted by molar-refractivity contribution is -0.121. The molecule has 1 amide bonds. The van der Waals surface area contributed by atoms with Gasteiger partial charge in [0.05, 0.1) is 23.9 Å². The SMILES string of the molecule is CCCCOc1ccc(NC(=O)C2(c3ccccc3Cl)CCCC2)cn1. The Morgan fingerprint density at radius 1 is 1.23 bits per heavy atom. The van der Waals surface area contributed by atoms with Gasteiger partial charge in [0.1, 0.15) is 0 Å². The summed E-state index contributed by atoms with van der Waals surface area (Å²) in [4.78, 5) is 17.4. The molecule has 1 heterocycles. The van der Waals surface area contributed by atoms with Crippen LogP contribution in [0.1, 0.15) is 51.0 Å². The molecule has 0 spiro atoms. The van der Waals surface area contributed by atoms with Gasteiger partial charge in [-0.1, -0.05) is 56.0 Å². The van der Waals surface area contributed by atoms with Gasteiger partial charge in [-0.05, 0) is 37.0 Å². The van der Waals surface area contributed by atoms with E-state index in [2.05, 4.69) is 17.2 Å². The number of hydrogen-bond donors (Lipinski definition) is 1. The molecule has 1 fully saturated rings. The summed E-state index contributed by atoms with van der Waals surface area (Å²) in [7, 11) is 0. The van der Waals surface area contributed by atoms with Gasteiger partial charge in [-0.15, -0.1) is 0 Å². The van der Waals surface area contributed by atoms with Crippen LogP contribution in [0.4, 0.5) is 5.69 Å². The minimum absolute atomic E-state index is 0.00967. The number of aromatic nitrogens is 1. The number of nitrogens with one attached hydrogen (secondary N) is 1. The molecule has 1 aliphatic carbocycles. The Labute approximate surface area is 159 Å². The van der Waals surface area contributed by atoms with E-state index in [0.717, 1.165) is 44.1 Å². The summed E-state index contributed by atoms with van der Waals surface area (Å²) in [6.07, 6.45) is 7.41. The molecule has 1 saturated carbocycles. The fraction of sp³-hybridized carbons (Fsp3) is 0.429. The molecule has 1 aromatic carbocycles. The van der Waals surface area contributed by atoms with Crippen molar-refractivity contribution in [2.45, 2.75) is 50.9 Å². The number of nitrogens with zero attached hydrogens (tertiary/aromatic N) is 1. The fourth-order valence-corrected chi connectivity index (χ4v) is 3.87. The molecule has 1 aliphatic rings. The maximum atomic E-state index is 13.2. The van der Waals surface area contributed by atoms with Crippen molar-refractivity contribution in [3.8, 4) is 5.88 Å². The summed E-state index contributed by atoms with van der Waals surface area (Å²) in [6.45, 7) is 2.78. The van der Waals surface area contributed by atoms with Crippen LogP contribution in [0.5, 0.6) is 5.88 Å². The molecule has 3 rings (SSSR count). The third-order valence-electron chi connectivity index (χ3n) is 5.02. The highest BCUT2D eigenvalue weighted by Gasteiger charge is 2.43. The quantitative estimate of drug-likeness (QED) is 0.665. The maximum Gasteiger partial charge on any atom is 0.235 e. The number of hydrogen-bond acceptors (Lipinski definition) is 3. The molecular weight excluding hydrogens is 348 g/mol. The molecule has 0 bridgehead atoms. The lowest BCUT2D eigenvalue weighted by Crippen LogP contribution is -2.38. The molecule has 0 saturated heterocycles. The third-order valence-corrected chi connectivity index (χ3v) is 5.35. The zero-order chi connectivity index (χ0) is 18.4. The first-order valence-corrected chi connectivity index (χ1v) is 9.69. The van der Waals surface area contributed by atoms with E-state index in [4.69, 9.17) is 16.3 Å². The Morgan fingerprint density at radius 3 is 2.65 bits per heavy atom. The summed E-state index contributed by atoms with van der Waals surface area (Å²) in [5.74, 6) is 0.572. The Balaban J connectivity index is 1.74. The summed E-state index contributed by atoms with van der Waals surface area (Å²) in [6, 6.07) is 11.3. The zero-order valence-corrected chi connectivity index (χ0v) is 15.9. The molecule has 26 heavy (non-hydrogen) atoms. The number of amides is 1. The van der Waals surface area contributed by atoms with Crippen LogP contribution in [0.25, 0.3) is 0 Å². The standard InChI is InChI=1S/C21H25ClN2O2/c1-2-3-14-26-19-11-10-16(15-23-19)24-20(25)21(12-6-7-13-21)17-8-4-5-9-18(17)22/h4-5,8-11,15H,2-3,6-7,12-14H2,1H3,(H,24,25). The molecule has 1 aromatic heterocycles. The van der Waals surface area contributed by atoms with Crippen molar-refractivity contribution < 1.29 is 9.53 Å². The van der Waals surface area contributed by atoms with E-state index in [1.807, 2.05) is 30.3 Å². The van der Waals surface area contributed by atoms with Gasteiger partial charge in [0.2, 0.25) is 11.8 Å². The first-order chi connectivity index (χ1) is 12.7. The van der Waals surface area contributed by atoms with Crippen LogP contribution in [0.3, 0.4) is 0 Å². The third kappa shape index (κ3) is 4.01. The Hall–Kier alpha value is -2.07. The average molecular weight is 373 g/mol. The van der Waals surface area contributed by atoms with Crippen molar-refractivity contribution >= 4 is 23.2 Å². The number of halogens is 1. The summed E-state index contributed by atoms with van der Waals surface area (Å²) in [5, 5.41) is 3.68. The second-order valence-corrected chi connectivity index (χ2v) is 7.22. The number of unbranched alkanes of at least 4 members (excludes halogenated alkanes) is 1. The minimum Gasteiger partial charge on any atom is -0.478 e. The molecular formula is C21H25ClN2O2. The van der Waals surface area contributed by atoms with Gasteiger partial charge in [0.15, 0.2) is 0 Å². The van der Waals surface area contributed by atoms with Crippen LogP contribution in [0, 0.1) is 0 Å². The molecule has 5 heteroatoms. The predicted octanol–water partition coefficient (Wildman–Crippen LogP) is 5.36. The number of carbonyl (C=O) groups excluding carboxylic acids is 1. The van der Waals surface area contributed by atoms with E-state index in [0.29, 0.717) is 23.2 Å². The number of anilines is 1. The highest BCUT2D eigenvalue weighted by atomic mass is 35.5. The van der Waals surface area contributed by atoms with Gasteiger partial charge in [-0.3, -0.25) is 4.79 Å². The van der Waals surface area contributed by atoms with Gasteiger partial charge >= 0.3 is 0 Å².